The fourth-order valence-corrected chi connectivity index (χ4v) is 6.13. The van der Waals surface area contributed by atoms with Gasteiger partial charge in [0.2, 0.25) is 0 Å². The lowest BCUT2D eigenvalue weighted by atomic mass is 10.1. The van der Waals surface area contributed by atoms with Crippen molar-refractivity contribution >= 4 is 50.8 Å². The number of fused-ring (bicyclic) bond motifs is 1. The van der Waals surface area contributed by atoms with Gasteiger partial charge in [-0.2, -0.15) is 0 Å². The molecule has 0 saturated carbocycles. The molecule has 7 heteroatoms. The van der Waals surface area contributed by atoms with Crippen molar-refractivity contribution in [2.45, 2.75) is 11.4 Å². The lowest BCUT2D eigenvalue weighted by Crippen LogP contribution is -2.46. The average molecular weight is 484 g/mol. The maximum atomic E-state index is 13.3. The number of hydrogen-bond acceptors (Lipinski definition) is 3. The number of nitrogens with zero attached hydrogens (tertiary/aromatic N) is 3. The van der Waals surface area contributed by atoms with Crippen LogP contribution < -0.4 is 4.90 Å². The number of aromatic nitrogens is 1. The SMILES string of the molecule is O=S(c1cc(Cl)cc(Cl)c1)n1ccc2c(N3CCN(Cc4ccccc4)CC3)cccc21. The second-order valence-electron chi connectivity index (χ2n) is 7.95. The molecule has 1 unspecified atom stereocenters. The molecule has 0 bridgehead atoms. The van der Waals surface area contributed by atoms with E-state index < -0.39 is 11.0 Å². The van der Waals surface area contributed by atoms with E-state index in [1.54, 1.807) is 22.2 Å². The van der Waals surface area contributed by atoms with Gasteiger partial charge in [-0.15, -0.1) is 0 Å². The number of hydrogen-bond donors (Lipinski definition) is 0. The molecular weight excluding hydrogens is 461 g/mol. The first-order valence-electron chi connectivity index (χ1n) is 10.6. The zero-order valence-corrected chi connectivity index (χ0v) is 19.8. The summed E-state index contributed by atoms with van der Waals surface area (Å²) in [5, 5.41) is 2.06. The molecule has 32 heavy (non-hydrogen) atoms. The molecule has 0 radical (unpaired) electrons. The predicted molar refractivity (Wildman–Crippen MR) is 134 cm³/mol. The van der Waals surface area contributed by atoms with Crippen molar-refractivity contribution in [2.75, 3.05) is 31.1 Å². The van der Waals surface area contributed by atoms with E-state index in [1.165, 1.54) is 11.3 Å². The Labute approximate surface area is 200 Å². The fourth-order valence-electron chi connectivity index (χ4n) is 4.28. The lowest BCUT2D eigenvalue weighted by Gasteiger charge is -2.36. The third-order valence-electron chi connectivity index (χ3n) is 5.85. The first-order chi connectivity index (χ1) is 15.6. The van der Waals surface area contributed by atoms with Crippen molar-refractivity contribution in [3.63, 3.8) is 0 Å². The first-order valence-corrected chi connectivity index (χ1v) is 12.4. The molecular formula is C25H23Cl2N3OS. The van der Waals surface area contributed by atoms with Crippen LogP contribution in [0.25, 0.3) is 10.9 Å². The van der Waals surface area contributed by atoms with E-state index in [9.17, 15) is 4.21 Å². The molecule has 2 heterocycles. The Morgan fingerprint density at radius 3 is 2.25 bits per heavy atom. The highest BCUT2D eigenvalue weighted by Crippen LogP contribution is 2.31. The van der Waals surface area contributed by atoms with E-state index in [0.29, 0.717) is 14.9 Å². The smallest absolute Gasteiger partial charge is 0.157 e. The van der Waals surface area contributed by atoms with Crippen molar-refractivity contribution < 1.29 is 4.21 Å². The Bertz CT molecular complexity index is 1250. The van der Waals surface area contributed by atoms with Crippen molar-refractivity contribution in [2.24, 2.45) is 0 Å². The van der Waals surface area contributed by atoms with E-state index in [1.807, 2.05) is 24.4 Å². The molecule has 0 amide bonds. The summed E-state index contributed by atoms with van der Waals surface area (Å²) in [4.78, 5) is 5.50. The lowest BCUT2D eigenvalue weighted by molar-refractivity contribution is 0.250. The van der Waals surface area contributed by atoms with Crippen LogP contribution in [-0.4, -0.2) is 39.3 Å². The largest absolute Gasteiger partial charge is 0.368 e. The van der Waals surface area contributed by atoms with Gasteiger partial charge in [-0.05, 0) is 42.0 Å². The quantitative estimate of drug-likeness (QED) is 0.356. The first kappa shape index (κ1) is 21.5. The molecule has 1 aromatic heterocycles. The number of piperazine rings is 1. The maximum Gasteiger partial charge on any atom is 0.157 e. The van der Waals surface area contributed by atoms with Crippen LogP contribution >= 0.6 is 23.2 Å². The Hall–Kier alpha value is -2.31. The summed E-state index contributed by atoms with van der Waals surface area (Å²) in [6.07, 6.45) is 1.88. The minimum absolute atomic E-state index is 0.478. The highest BCUT2D eigenvalue weighted by Gasteiger charge is 2.20. The van der Waals surface area contributed by atoms with Crippen LogP contribution in [0.2, 0.25) is 10.0 Å². The van der Waals surface area contributed by atoms with Gasteiger partial charge < -0.3 is 4.90 Å². The van der Waals surface area contributed by atoms with E-state index in [2.05, 4.69) is 46.2 Å². The van der Waals surface area contributed by atoms with Gasteiger partial charge in [-0.3, -0.25) is 8.87 Å². The minimum Gasteiger partial charge on any atom is -0.368 e. The van der Waals surface area contributed by atoms with E-state index in [-0.39, 0.29) is 0 Å². The van der Waals surface area contributed by atoms with E-state index >= 15 is 0 Å². The van der Waals surface area contributed by atoms with Crippen LogP contribution in [0.5, 0.6) is 0 Å². The van der Waals surface area contributed by atoms with Crippen LogP contribution in [0.1, 0.15) is 5.56 Å². The van der Waals surface area contributed by atoms with E-state index in [4.69, 9.17) is 23.2 Å². The van der Waals surface area contributed by atoms with E-state index in [0.717, 1.165) is 43.6 Å². The summed E-state index contributed by atoms with van der Waals surface area (Å²) in [5.74, 6) is 0. The second kappa shape index (κ2) is 9.28. The highest BCUT2D eigenvalue weighted by atomic mass is 35.5. The van der Waals surface area contributed by atoms with Crippen LogP contribution in [0.4, 0.5) is 5.69 Å². The summed E-state index contributed by atoms with van der Waals surface area (Å²) in [7, 11) is -1.43. The van der Waals surface area contributed by atoms with Gasteiger partial charge in [0.15, 0.2) is 11.0 Å². The second-order valence-corrected chi connectivity index (χ2v) is 10.2. The summed E-state index contributed by atoms with van der Waals surface area (Å²) >= 11 is 12.2. The maximum absolute atomic E-state index is 13.3. The molecule has 164 valence electrons. The Balaban J connectivity index is 1.36. The topological polar surface area (TPSA) is 28.5 Å². The average Bonchev–Trinajstić information content (AvgIpc) is 3.23. The molecule has 1 aliphatic rings. The van der Waals surface area contributed by atoms with Crippen molar-refractivity contribution in [3.05, 3.63) is 94.6 Å². The molecule has 4 nitrogen and oxygen atoms in total. The molecule has 5 rings (SSSR count). The third-order valence-corrected chi connectivity index (χ3v) is 7.60. The monoisotopic (exact) mass is 483 g/mol. The molecule has 1 saturated heterocycles. The zero-order chi connectivity index (χ0) is 22.1. The normalized spacial score (nSPS) is 15.9. The van der Waals surface area contributed by atoms with Crippen LogP contribution in [0.15, 0.2) is 83.9 Å². The highest BCUT2D eigenvalue weighted by molar-refractivity contribution is 7.83. The number of halogens is 2. The van der Waals surface area contributed by atoms with Gasteiger partial charge in [0.1, 0.15) is 0 Å². The predicted octanol–water partition coefficient (Wildman–Crippen LogP) is 5.84. The van der Waals surface area contributed by atoms with Crippen LogP contribution in [0, 0.1) is 0 Å². The molecule has 4 aromatic rings. The molecule has 0 spiro atoms. The molecule has 3 aromatic carbocycles. The van der Waals surface area contributed by atoms with Crippen molar-refractivity contribution in [1.29, 1.82) is 0 Å². The van der Waals surface area contributed by atoms with Gasteiger partial charge in [0.05, 0.1) is 10.4 Å². The van der Waals surface area contributed by atoms with Gasteiger partial charge in [0, 0.05) is 60.0 Å². The molecule has 1 atom stereocenters. The van der Waals surface area contributed by atoms with Gasteiger partial charge in [-0.1, -0.05) is 59.6 Å². The molecule has 0 aliphatic carbocycles. The zero-order valence-electron chi connectivity index (χ0n) is 17.5. The molecule has 0 N–H and O–H groups in total. The Kier molecular flexibility index (Phi) is 6.24. The van der Waals surface area contributed by atoms with Gasteiger partial charge in [0.25, 0.3) is 0 Å². The Morgan fingerprint density at radius 2 is 1.53 bits per heavy atom. The van der Waals surface area contributed by atoms with Crippen molar-refractivity contribution in [1.82, 2.24) is 8.87 Å². The van der Waals surface area contributed by atoms with Gasteiger partial charge in [-0.25, -0.2) is 4.21 Å². The standard InChI is InChI=1S/C25H23Cl2N3OS/c26-20-15-21(27)17-22(16-20)32(31)30-10-9-23-24(7-4-8-25(23)30)29-13-11-28(12-14-29)18-19-5-2-1-3-6-19/h1-10,15-17H,11-14,18H2. The van der Waals surface area contributed by atoms with Gasteiger partial charge >= 0.3 is 0 Å². The number of rotatable bonds is 5. The molecule has 1 aliphatic heterocycles. The third kappa shape index (κ3) is 4.44. The minimum atomic E-state index is -1.43. The summed E-state index contributed by atoms with van der Waals surface area (Å²) in [6.45, 7) is 4.93. The summed E-state index contributed by atoms with van der Waals surface area (Å²) < 4.78 is 15.1. The summed E-state index contributed by atoms with van der Waals surface area (Å²) in [5.41, 5.74) is 3.47. The molecule has 1 fully saturated rings. The number of benzene rings is 3. The summed E-state index contributed by atoms with van der Waals surface area (Å²) in [6, 6.07) is 23.9. The van der Waals surface area contributed by atoms with Crippen LogP contribution in [-0.2, 0) is 17.5 Å². The van der Waals surface area contributed by atoms with Crippen LogP contribution in [0.3, 0.4) is 0 Å². The fraction of sp³-hybridized carbons (Fsp3) is 0.200. The van der Waals surface area contributed by atoms with Crippen molar-refractivity contribution in [3.8, 4) is 0 Å². The number of anilines is 1. The Morgan fingerprint density at radius 1 is 0.812 bits per heavy atom.